The number of nitrogens with one attached hydrogen (secondary N) is 1. The molecule has 2 unspecified atom stereocenters. The number of likely N-dealkylation sites (tertiary alicyclic amines) is 1. The largest absolute Gasteiger partial charge is 0.392 e. The van der Waals surface area contributed by atoms with Gasteiger partial charge in [-0.3, -0.25) is 4.90 Å². The number of hydrogen-bond donors (Lipinski definition) is 2. The fourth-order valence-electron chi connectivity index (χ4n) is 2.87. The van der Waals surface area contributed by atoms with Crippen molar-refractivity contribution in [2.75, 3.05) is 39.0 Å². The molecule has 0 saturated carbocycles. The Kier molecular flexibility index (Phi) is 5.96. The van der Waals surface area contributed by atoms with Crippen LogP contribution in [0.4, 0.5) is 5.82 Å². The molecule has 5 nitrogen and oxygen atoms in total. The maximum absolute atomic E-state index is 9.92. The van der Waals surface area contributed by atoms with Gasteiger partial charge in [0.05, 0.1) is 6.10 Å². The van der Waals surface area contributed by atoms with Crippen LogP contribution in [-0.4, -0.2) is 65.8 Å². The Bertz CT molecular complexity index is 421. The lowest BCUT2D eigenvalue weighted by Gasteiger charge is -2.26. The number of nitrogens with zero attached hydrogens (tertiary/aromatic N) is 3. The van der Waals surface area contributed by atoms with E-state index >= 15 is 0 Å². The van der Waals surface area contributed by atoms with Gasteiger partial charge in [0.2, 0.25) is 0 Å². The third-order valence-corrected chi connectivity index (χ3v) is 3.85. The van der Waals surface area contributed by atoms with Crippen LogP contribution in [0, 0.1) is 0 Å². The number of β-amino-alcohol motifs (C(OH)–C–C–N with tert-alkyl or cyclic N) is 1. The fourth-order valence-corrected chi connectivity index (χ4v) is 2.87. The summed E-state index contributed by atoms with van der Waals surface area (Å²) >= 11 is 0. The van der Waals surface area contributed by atoms with E-state index in [1.54, 1.807) is 0 Å². The maximum Gasteiger partial charge on any atom is 0.125 e. The van der Waals surface area contributed by atoms with Crippen molar-refractivity contribution in [3.8, 4) is 0 Å². The van der Waals surface area contributed by atoms with Gasteiger partial charge in [-0.25, -0.2) is 4.98 Å². The number of likely N-dealkylation sites (N-methyl/N-ethyl adjacent to an activating group) is 1. The van der Waals surface area contributed by atoms with Gasteiger partial charge < -0.3 is 15.3 Å². The Morgan fingerprint density at radius 1 is 1.43 bits per heavy atom. The Hall–Kier alpha value is -1.17. The number of aromatic nitrogens is 1. The van der Waals surface area contributed by atoms with E-state index in [0.717, 1.165) is 44.8 Å². The smallest absolute Gasteiger partial charge is 0.125 e. The molecular formula is C16H28N4O. The standard InChI is InChI=1S/C16H28N4O/c1-4-7-17-16-6-5-13(9-18-16)10-20-12-15(21)8-14(20)11-19(2)3/h5-6,9,14-15,21H,4,7-8,10-12H2,1-3H3,(H,17,18). The lowest BCUT2D eigenvalue weighted by atomic mass is 10.2. The third kappa shape index (κ3) is 4.95. The third-order valence-electron chi connectivity index (χ3n) is 3.85. The van der Waals surface area contributed by atoms with Gasteiger partial charge in [-0.1, -0.05) is 13.0 Å². The molecule has 1 fully saturated rings. The molecule has 1 aromatic rings. The van der Waals surface area contributed by atoms with Gasteiger partial charge in [0.25, 0.3) is 0 Å². The van der Waals surface area contributed by atoms with Crippen LogP contribution in [0.5, 0.6) is 0 Å². The first-order chi connectivity index (χ1) is 10.1. The van der Waals surface area contributed by atoms with E-state index in [-0.39, 0.29) is 6.10 Å². The van der Waals surface area contributed by atoms with Crippen molar-refractivity contribution in [1.29, 1.82) is 0 Å². The van der Waals surface area contributed by atoms with E-state index in [1.807, 2.05) is 12.3 Å². The van der Waals surface area contributed by atoms with Crippen molar-refractivity contribution in [2.24, 2.45) is 0 Å². The molecule has 1 aliphatic heterocycles. The summed E-state index contributed by atoms with van der Waals surface area (Å²) in [6.07, 6.45) is 3.70. The molecule has 5 heteroatoms. The highest BCUT2D eigenvalue weighted by molar-refractivity contribution is 5.35. The van der Waals surface area contributed by atoms with E-state index in [1.165, 1.54) is 5.56 Å². The number of hydrogen-bond acceptors (Lipinski definition) is 5. The van der Waals surface area contributed by atoms with Crippen molar-refractivity contribution in [2.45, 2.75) is 38.5 Å². The number of anilines is 1. The average Bonchev–Trinajstić information content (AvgIpc) is 2.77. The second-order valence-corrected chi connectivity index (χ2v) is 6.21. The highest BCUT2D eigenvalue weighted by Crippen LogP contribution is 2.21. The average molecular weight is 292 g/mol. The van der Waals surface area contributed by atoms with Crippen LogP contribution >= 0.6 is 0 Å². The molecule has 2 N–H and O–H groups in total. The van der Waals surface area contributed by atoms with Crippen molar-refractivity contribution in [3.05, 3.63) is 23.9 Å². The molecule has 118 valence electrons. The Morgan fingerprint density at radius 2 is 2.24 bits per heavy atom. The monoisotopic (exact) mass is 292 g/mol. The minimum Gasteiger partial charge on any atom is -0.392 e. The van der Waals surface area contributed by atoms with Gasteiger partial charge in [0.1, 0.15) is 5.82 Å². The van der Waals surface area contributed by atoms with Gasteiger partial charge in [-0.15, -0.1) is 0 Å². The van der Waals surface area contributed by atoms with Crippen LogP contribution in [0.2, 0.25) is 0 Å². The fraction of sp³-hybridized carbons (Fsp3) is 0.688. The van der Waals surface area contributed by atoms with E-state index in [2.05, 4.69) is 47.2 Å². The van der Waals surface area contributed by atoms with E-state index in [0.29, 0.717) is 6.04 Å². The topological polar surface area (TPSA) is 51.6 Å². The van der Waals surface area contributed by atoms with Gasteiger partial charge in [0, 0.05) is 38.4 Å². The zero-order valence-electron chi connectivity index (χ0n) is 13.4. The summed E-state index contributed by atoms with van der Waals surface area (Å²) < 4.78 is 0. The number of rotatable bonds is 7. The van der Waals surface area contributed by atoms with Gasteiger partial charge in [-0.05, 0) is 38.6 Å². The predicted molar refractivity (Wildman–Crippen MR) is 86.4 cm³/mol. The first kappa shape index (κ1) is 16.2. The first-order valence-corrected chi connectivity index (χ1v) is 7.84. The Labute approximate surface area is 128 Å². The van der Waals surface area contributed by atoms with Crippen molar-refractivity contribution >= 4 is 5.82 Å². The molecule has 2 heterocycles. The summed E-state index contributed by atoms with van der Waals surface area (Å²) in [6, 6.07) is 4.59. The number of aliphatic hydroxyl groups excluding tert-OH is 1. The summed E-state index contributed by atoms with van der Waals surface area (Å²) in [4.78, 5) is 9.00. The molecule has 0 amide bonds. The summed E-state index contributed by atoms with van der Waals surface area (Å²) in [5.74, 6) is 0.937. The second kappa shape index (κ2) is 7.73. The van der Waals surface area contributed by atoms with Crippen LogP contribution in [0.15, 0.2) is 18.3 Å². The summed E-state index contributed by atoms with van der Waals surface area (Å²) in [5.41, 5.74) is 1.20. The van der Waals surface area contributed by atoms with Crippen molar-refractivity contribution < 1.29 is 5.11 Å². The Balaban J connectivity index is 1.93. The van der Waals surface area contributed by atoms with Crippen LogP contribution < -0.4 is 5.32 Å². The van der Waals surface area contributed by atoms with Crippen LogP contribution in [0.25, 0.3) is 0 Å². The molecule has 0 radical (unpaired) electrons. The normalized spacial score (nSPS) is 22.9. The van der Waals surface area contributed by atoms with Crippen LogP contribution in [0.3, 0.4) is 0 Å². The molecule has 21 heavy (non-hydrogen) atoms. The highest BCUT2D eigenvalue weighted by Gasteiger charge is 2.30. The summed E-state index contributed by atoms with van der Waals surface area (Å²) in [5, 5.41) is 13.2. The van der Waals surface area contributed by atoms with E-state index < -0.39 is 0 Å². The summed E-state index contributed by atoms with van der Waals surface area (Å²) in [7, 11) is 4.16. The molecule has 2 atom stereocenters. The van der Waals surface area contributed by atoms with Gasteiger partial charge >= 0.3 is 0 Å². The number of pyridine rings is 1. The molecule has 1 saturated heterocycles. The SMILES string of the molecule is CCCNc1ccc(CN2CC(O)CC2CN(C)C)cn1. The Morgan fingerprint density at radius 3 is 2.86 bits per heavy atom. The molecular weight excluding hydrogens is 264 g/mol. The minimum absolute atomic E-state index is 0.201. The number of aliphatic hydroxyl groups is 1. The molecule has 2 rings (SSSR count). The first-order valence-electron chi connectivity index (χ1n) is 7.84. The quantitative estimate of drug-likeness (QED) is 0.795. The van der Waals surface area contributed by atoms with E-state index in [9.17, 15) is 5.11 Å². The van der Waals surface area contributed by atoms with Crippen molar-refractivity contribution in [1.82, 2.24) is 14.8 Å². The maximum atomic E-state index is 9.92. The predicted octanol–water partition coefficient (Wildman–Crippen LogP) is 1.40. The lowest BCUT2D eigenvalue weighted by Crippen LogP contribution is -2.37. The molecule has 0 bridgehead atoms. The summed E-state index contributed by atoms with van der Waals surface area (Å²) in [6.45, 7) is 5.70. The zero-order chi connectivity index (χ0) is 15.2. The minimum atomic E-state index is -0.201. The molecule has 1 aromatic heterocycles. The zero-order valence-corrected chi connectivity index (χ0v) is 13.4. The second-order valence-electron chi connectivity index (χ2n) is 6.21. The highest BCUT2D eigenvalue weighted by atomic mass is 16.3. The molecule has 0 spiro atoms. The molecule has 1 aliphatic rings. The van der Waals surface area contributed by atoms with Crippen molar-refractivity contribution in [3.63, 3.8) is 0 Å². The van der Waals surface area contributed by atoms with E-state index in [4.69, 9.17) is 0 Å². The lowest BCUT2D eigenvalue weighted by molar-refractivity contribution is 0.169. The van der Waals surface area contributed by atoms with Gasteiger partial charge in [0.15, 0.2) is 0 Å². The van der Waals surface area contributed by atoms with Crippen LogP contribution in [-0.2, 0) is 6.54 Å². The van der Waals surface area contributed by atoms with Gasteiger partial charge in [-0.2, -0.15) is 0 Å². The molecule has 0 aromatic carbocycles. The molecule has 0 aliphatic carbocycles. The van der Waals surface area contributed by atoms with Crippen LogP contribution in [0.1, 0.15) is 25.3 Å².